The number of carboxylic acids is 1. The zero-order valence-electron chi connectivity index (χ0n) is 8.01. The molecule has 0 aliphatic carbocycles. The summed E-state index contributed by atoms with van der Waals surface area (Å²) >= 11 is 6.44. The highest BCUT2D eigenvalue weighted by Crippen LogP contribution is 2.42. The van der Waals surface area contributed by atoms with Gasteiger partial charge in [0.05, 0.1) is 18.7 Å². The van der Waals surface area contributed by atoms with Gasteiger partial charge in [-0.15, -0.1) is 0 Å². The molecule has 0 bridgehead atoms. The quantitative estimate of drug-likeness (QED) is 0.919. The Bertz CT molecular complexity index is 404. The molecular formula is C9H8Br2O4. The van der Waals surface area contributed by atoms with E-state index < -0.39 is 5.97 Å². The maximum atomic E-state index is 10.9. The summed E-state index contributed by atoms with van der Waals surface area (Å²) < 4.78 is 11.1. The van der Waals surface area contributed by atoms with Gasteiger partial charge in [-0.3, -0.25) is 0 Å². The fourth-order valence-electron chi connectivity index (χ4n) is 1.13. The predicted octanol–water partition coefficient (Wildman–Crippen LogP) is 2.93. The first kappa shape index (κ1) is 12.3. The number of methoxy groups -OCH3 is 2. The van der Waals surface area contributed by atoms with Crippen LogP contribution in [-0.4, -0.2) is 25.3 Å². The summed E-state index contributed by atoms with van der Waals surface area (Å²) in [5, 5.41) is 8.95. The van der Waals surface area contributed by atoms with E-state index in [4.69, 9.17) is 14.6 Å². The third-order valence-electron chi connectivity index (χ3n) is 1.77. The van der Waals surface area contributed by atoms with E-state index in [0.717, 1.165) is 0 Å². The van der Waals surface area contributed by atoms with Crippen molar-refractivity contribution >= 4 is 37.8 Å². The van der Waals surface area contributed by atoms with Gasteiger partial charge in [0.15, 0.2) is 11.5 Å². The molecule has 0 aliphatic rings. The Morgan fingerprint density at radius 2 is 1.80 bits per heavy atom. The van der Waals surface area contributed by atoms with Gasteiger partial charge in [0, 0.05) is 0 Å². The Kier molecular flexibility index (Phi) is 3.98. The van der Waals surface area contributed by atoms with Gasteiger partial charge in [0.1, 0.15) is 10.0 Å². The van der Waals surface area contributed by atoms with Crippen LogP contribution in [0.1, 0.15) is 10.4 Å². The third-order valence-corrected chi connectivity index (χ3v) is 3.08. The van der Waals surface area contributed by atoms with Crippen molar-refractivity contribution in [3.8, 4) is 11.5 Å². The van der Waals surface area contributed by atoms with Gasteiger partial charge in [0.25, 0.3) is 0 Å². The highest BCUT2D eigenvalue weighted by Gasteiger charge is 2.20. The summed E-state index contributed by atoms with van der Waals surface area (Å²) in [6.07, 6.45) is 0. The van der Waals surface area contributed by atoms with Crippen molar-refractivity contribution in [3.05, 3.63) is 20.6 Å². The molecule has 0 amide bonds. The van der Waals surface area contributed by atoms with Crippen LogP contribution in [0.15, 0.2) is 15.0 Å². The SMILES string of the molecule is COc1c(Br)cc(C(=O)O)c(OC)c1Br. The van der Waals surface area contributed by atoms with E-state index in [9.17, 15) is 4.79 Å². The zero-order chi connectivity index (χ0) is 11.6. The van der Waals surface area contributed by atoms with E-state index in [-0.39, 0.29) is 11.3 Å². The summed E-state index contributed by atoms with van der Waals surface area (Å²) in [6.45, 7) is 0. The minimum Gasteiger partial charge on any atom is -0.495 e. The average Bonchev–Trinajstić information content (AvgIpc) is 2.17. The van der Waals surface area contributed by atoms with Gasteiger partial charge in [-0.1, -0.05) is 0 Å². The van der Waals surface area contributed by atoms with Crippen LogP contribution in [0.5, 0.6) is 11.5 Å². The molecule has 1 aromatic carbocycles. The molecule has 0 atom stereocenters. The van der Waals surface area contributed by atoms with E-state index in [1.54, 1.807) is 0 Å². The number of hydrogen-bond donors (Lipinski definition) is 1. The van der Waals surface area contributed by atoms with Gasteiger partial charge in [-0.05, 0) is 37.9 Å². The van der Waals surface area contributed by atoms with Crippen LogP contribution in [0.4, 0.5) is 0 Å². The number of benzene rings is 1. The number of hydrogen-bond acceptors (Lipinski definition) is 3. The van der Waals surface area contributed by atoms with Crippen LogP contribution in [0.2, 0.25) is 0 Å². The lowest BCUT2D eigenvalue weighted by atomic mass is 10.2. The molecule has 0 unspecified atom stereocenters. The molecule has 6 heteroatoms. The molecular weight excluding hydrogens is 332 g/mol. The number of carboxylic acid groups (broad SMARTS) is 1. The molecule has 4 nitrogen and oxygen atoms in total. The van der Waals surface area contributed by atoms with Gasteiger partial charge in [0.2, 0.25) is 0 Å². The van der Waals surface area contributed by atoms with Crippen molar-refractivity contribution < 1.29 is 19.4 Å². The predicted molar refractivity (Wildman–Crippen MR) is 61.9 cm³/mol. The molecule has 1 rings (SSSR count). The zero-order valence-corrected chi connectivity index (χ0v) is 11.2. The monoisotopic (exact) mass is 338 g/mol. The van der Waals surface area contributed by atoms with Crippen LogP contribution in [0.3, 0.4) is 0 Å². The molecule has 0 radical (unpaired) electrons. The van der Waals surface area contributed by atoms with Crippen LogP contribution in [0, 0.1) is 0 Å². The van der Waals surface area contributed by atoms with E-state index in [1.807, 2.05) is 0 Å². The fourth-order valence-corrected chi connectivity index (χ4v) is 2.74. The Morgan fingerprint density at radius 3 is 2.20 bits per heavy atom. The molecule has 82 valence electrons. The second-order valence-electron chi connectivity index (χ2n) is 2.59. The summed E-state index contributed by atoms with van der Waals surface area (Å²) in [4.78, 5) is 10.9. The Labute approximate surface area is 103 Å². The molecule has 0 fully saturated rings. The first-order valence-corrected chi connectivity index (χ1v) is 5.44. The van der Waals surface area contributed by atoms with E-state index >= 15 is 0 Å². The van der Waals surface area contributed by atoms with Crippen molar-refractivity contribution in [1.82, 2.24) is 0 Å². The van der Waals surface area contributed by atoms with E-state index in [1.165, 1.54) is 20.3 Å². The van der Waals surface area contributed by atoms with Crippen molar-refractivity contribution in [2.75, 3.05) is 14.2 Å². The average molecular weight is 340 g/mol. The van der Waals surface area contributed by atoms with Crippen molar-refractivity contribution in [2.45, 2.75) is 0 Å². The van der Waals surface area contributed by atoms with Gasteiger partial charge in [-0.2, -0.15) is 0 Å². The van der Waals surface area contributed by atoms with Crippen molar-refractivity contribution in [3.63, 3.8) is 0 Å². The lowest BCUT2D eigenvalue weighted by Gasteiger charge is -2.12. The molecule has 1 aromatic rings. The molecule has 0 saturated heterocycles. The maximum Gasteiger partial charge on any atom is 0.339 e. The smallest absolute Gasteiger partial charge is 0.339 e. The molecule has 0 spiro atoms. The van der Waals surface area contributed by atoms with E-state index in [2.05, 4.69) is 31.9 Å². The van der Waals surface area contributed by atoms with Gasteiger partial charge in [-0.25, -0.2) is 4.79 Å². The van der Waals surface area contributed by atoms with Crippen LogP contribution < -0.4 is 9.47 Å². The van der Waals surface area contributed by atoms with Crippen LogP contribution in [0.25, 0.3) is 0 Å². The molecule has 0 heterocycles. The standard InChI is InChI=1S/C9H8Br2O4/c1-14-7-4(9(12)13)3-5(10)8(15-2)6(7)11/h3H,1-2H3,(H,12,13). The fraction of sp³-hybridized carbons (Fsp3) is 0.222. The molecule has 0 saturated carbocycles. The summed E-state index contributed by atoms with van der Waals surface area (Å²) in [5.74, 6) is -0.324. The normalized spacial score (nSPS) is 9.87. The highest BCUT2D eigenvalue weighted by atomic mass is 79.9. The van der Waals surface area contributed by atoms with Crippen molar-refractivity contribution in [2.24, 2.45) is 0 Å². The first-order chi connectivity index (χ1) is 7.02. The second-order valence-corrected chi connectivity index (χ2v) is 4.24. The number of ether oxygens (including phenoxy) is 2. The lowest BCUT2D eigenvalue weighted by Crippen LogP contribution is -2.02. The largest absolute Gasteiger partial charge is 0.495 e. The Morgan fingerprint density at radius 1 is 1.27 bits per heavy atom. The maximum absolute atomic E-state index is 10.9. The molecule has 15 heavy (non-hydrogen) atoms. The summed E-state index contributed by atoms with van der Waals surface area (Å²) in [5.41, 5.74) is 0.0667. The van der Waals surface area contributed by atoms with E-state index in [0.29, 0.717) is 14.7 Å². The molecule has 1 N–H and O–H groups in total. The summed E-state index contributed by atoms with van der Waals surface area (Å²) in [7, 11) is 2.89. The molecule has 0 aliphatic heterocycles. The number of aromatic carboxylic acids is 1. The lowest BCUT2D eigenvalue weighted by molar-refractivity contribution is 0.0693. The minimum absolute atomic E-state index is 0.0667. The van der Waals surface area contributed by atoms with Crippen LogP contribution in [-0.2, 0) is 0 Å². The third kappa shape index (κ3) is 2.26. The van der Waals surface area contributed by atoms with Crippen LogP contribution >= 0.6 is 31.9 Å². The van der Waals surface area contributed by atoms with Crippen molar-refractivity contribution in [1.29, 1.82) is 0 Å². The highest BCUT2D eigenvalue weighted by molar-refractivity contribution is 9.11. The molecule has 0 aromatic heterocycles. The summed E-state index contributed by atoms with van der Waals surface area (Å²) in [6, 6.07) is 1.44. The minimum atomic E-state index is -1.06. The Balaban J connectivity index is 3.51. The topological polar surface area (TPSA) is 55.8 Å². The van der Waals surface area contributed by atoms with Gasteiger partial charge < -0.3 is 14.6 Å². The van der Waals surface area contributed by atoms with Gasteiger partial charge >= 0.3 is 5.97 Å². The number of halogens is 2. The Hall–Kier alpha value is -0.750. The second kappa shape index (κ2) is 4.85. The first-order valence-electron chi connectivity index (χ1n) is 3.86. The number of rotatable bonds is 3. The number of carbonyl (C=O) groups is 1.